The molecule has 0 N–H and O–H groups in total. The first-order valence-electron chi connectivity index (χ1n) is 10.3. The van der Waals surface area contributed by atoms with E-state index in [2.05, 4.69) is 13.5 Å². The molecule has 162 valence electrons. The lowest BCUT2D eigenvalue weighted by Gasteiger charge is -2.10. The highest BCUT2D eigenvalue weighted by Gasteiger charge is 2.31. The van der Waals surface area contributed by atoms with E-state index in [0.29, 0.717) is 22.4 Å². The monoisotopic (exact) mass is 461 g/mol. The maximum absolute atomic E-state index is 12.8. The predicted octanol–water partition coefficient (Wildman–Crippen LogP) is 5.72. The Balaban J connectivity index is 1.74. The zero-order chi connectivity index (χ0) is 22.5. The van der Waals surface area contributed by atoms with Crippen LogP contribution in [0.2, 0.25) is 0 Å². The SMILES string of the molecule is C=CCN1C(=O)/C(=C\c2cn(-c3ccccc3)nc2-c2ccc(OCCC)cc2)SC1=S. The minimum atomic E-state index is -0.110. The lowest BCUT2D eigenvalue weighted by Crippen LogP contribution is -2.27. The van der Waals surface area contributed by atoms with Crippen LogP contribution in [0.3, 0.4) is 0 Å². The zero-order valence-electron chi connectivity index (χ0n) is 17.7. The van der Waals surface area contributed by atoms with Gasteiger partial charge in [0.2, 0.25) is 0 Å². The third kappa shape index (κ3) is 4.69. The van der Waals surface area contributed by atoms with E-state index in [4.69, 9.17) is 22.1 Å². The molecule has 1 aliphatic heterocycles. The summed E-state index contributed by atoms with van der Waals surface area (Å²) in [4.78, 5) is 15.0. The summed E-state index contributed by atoms with van der Waals surface area (Å²) < 4.78 is 8.07. The summed E-state index contributed by atoms with van der Waals surface area (Å²) in [6.07, 6.45) is 6.43. The number of para-hydroxylation sites is 1. The van der Waals surface area contributed by atoms with Gasteiger partial charge in [0.15, 0.2) is 0 Å². The van der Waals surface area contributed by atoms with Crippen molar-refractivity contribution in [1.29, 1.82) is 0 Å². The first-order chi connectivity index (χ1) is 15.6. The standard InChI is InChI=1S/C25H23N3O2S2/c1-3-14-27-24(29)22(32-25(27)31)16-19-17-28(20-8-6-5-7-9-20)26-23(19)18-10-12-21(13-11-18)30-15-4-2/h3,5-13,16-17H,1,4,14-15H2,2H3/b22-16+. The first kappa shape index (κ1) is 22.0. The number of benzene rings is 2. The van der Waals surface area contributed by atoms with Crippen molar-refractivity contribution in [2.45, 2.75) is 13.3 Å². The van der Waals surface area contributed by atoms with E-state index >= 15 is 0 Å². The number of nitrogens with zero attached hydrogens (tertiary/aromatic N) is 3. The highest BCUT2D eigenvalue weighted by atomic mass is 32.2. The van der Waals surface area contributed by atoms with Crippen LogP contribution < -0.4 is 4.74 Å². The van der Waals surface area contributed by atoms with E-state index in [9.17, 15) is 4.79 Å². The van der Waals surface area contributed by atoms with E-state index in [0.717, 1.165) is 34.7 Å². The van der Waals surface area contributed by atoms with Gasteiger partial charge in [0.05, 0.1) is 22.9 Å². The van der Waals surface area contributed by atoms with Crippen molar-refractivity contribution in [3.63, 3.8) is 0 Å². The Morgan fingerprint density at radius 1 is 1.16 bits per heavy atom. The van der Waals surface area contributed by atoms with Crippen molar-refractivity contribution in [3.8, 4) is 22.7 Å². The summed E-state index contributed by atoms with van der Waals surface area (Å²) in [6, 6.07) is 17.8. The Labute approximate surface area is 197 Å². The molecule has 0 aliphatic carbocycles. The van der Waals surface area contributed by atoms with Crippen LogP contribution in [0.4, 0.5) is 0 Å². The van der Waals surface area contributed by atoms with Gasteiger partial charge >= 0.3 is 0 Å². The number of hydrogen-bond donors (Lipinski definition) is 0. The number of thioether (sulfide) groups is 1. The summed E-state index contributed by atoms with van der Waals surface area (Å²) in [7, 11) is 0. The summed E-state index contributed by atoms with van der Waals surface area (Å²) in [5, 5.41) is 4.83. The van der Waals surface area contributed by atoms with Crippen LogP contribution in [0.5, 0.6) is 5.75 Å². The van der Waals surface area contributed by atoms with Crippen molar-refractivity contribution in [2.75, 3.05) is 13.2 Å². The Hall–Kier alpha value is -3.16. The van der Waals surface area contributed by atoms with Gasteiger partial charge in [-0.25, -0.2) is 4.68 Å². The second-order valence-corrected chi connectivity index (χ2v) is 8.84. The van der Waals surface area contributed by atoms with E-state index in [-0.39, 0.29) is 5.91 Å². The number of carbonyl (C=O) groups excluding carboxylic acids is 1. The number of hydrogen-bond acceptors (Lipinski definition) is 5. The molecule has 0 spiro atoms. The molecule has 0 unspecified atom stereocenters. The lowest BCUT2D eigenvalue weighted by atomic mass is 10.1. The number of aromatic nitrogens is 2. The second-order valence-electron chi connectivity index (χ2n) is 7.17. The lowest BCUT2D eigenvalue weighted by molar-refractivity contribution is -0.121. The van der Waals surface area contributed by atoms with Gasteiger partial charge in [-0.1, -0.05) is 55.2 Å². The van der Waals surface area contributed by atoms with Gasteiger partial charge < -0.3 is 4.74 Å². The zero-order valence-corrected chi connectivity index (χ0v) is 19.4. The van der Waals surface area contributed by atoms with Crippen molar-refractivity contribution < 1.29 is 9.53 Å². The summed E-state index contributed by atoms with van der Waals surface area (Å²) >= 11 is 6.68. The third-order valence-corrected chi connectivity index (χ3v) is 6.21. The molecule has 2 aromatic carbocycles. The fourth-order valence-corrected chi connectivity index (χ4v) is 4.55. The molecule has 1 aliphatic rings. The Morgan fingerprint density at radius 2 is 1.91 bits per heavy atom. The van der Waals surface area contributed by atoms with Crippen molar-refractivity contribution in [2.24, 2.45) is 0 Å². The molecular weight excluding hydrogens is 438 g/mol. The van der Waals surface area contributed by atoms with Gasteiger partial charge in [-0.05, 0) is 48.9 Å². The average Bonchev–Trinajstić information content (AvgIpc) is 3.35. The predicted molar refractivity (Wildman–Crippen MR) is 135 cm³/mol. The maximum Gasteiger partial charge on any atom is 0.266 e. The van der Waals surface area contributed by atoms with Gasteiger partial charge in [0.1, 0.15) is 10.1 Å². The molecule has 1 fully saturated rings. The molecule has 1 aromatic heterocycles. The number of thiocarbonyl (C=S) groups is 1. The maximum atomic E-state index is 12.8. The van der Waals surface area contributed by atoms with Crippen LogP contribution in [0.25, 0.3) is 23.0 Å². The van der Waals surface area contributed by atoms with E-state index in [1.54, 1.807) is 11.0 Å². The smallest absolute Gasteiger partial charge is 0.266 e. The van der Waals surface area contributed by atoms with Crippen molar-refractivity contribution >= 4 is 40.3 Å². The van der Waals surface area contributed by atoms with Gasteiger partial charge in [0.25, 0.3) is 5.91 Å². The minimum absolute atomic E-state index is 0.110. The van der Waals surface area contributed by atoms with E-state index in [1.165, 1.54) is 11.8 Å². The molecular formula is C25H23N3O2S2. The largest absolute Gasteiger partial charge is 0.494 e. The molecule has 4 rings (SSSR count). The van der Waals surface area contributed by atoms with Gasteiger partial charge in [-0.15, -0.1) is 6.58 Å². The number of ether oxygens (including phenoxy) is 1. The molecule has 1 saturated heterocycles. The van der Waals surface area contributed by atoms with Crippen molar-refractivity contribution in [3.05, 3.63) is 83.9 Å². The van der Waals surface area contributed by atoms with Crippen LogP contribution >= 0.6 is 24.0 Å². The van der Waals surface area contributed by atoms with Crippen LogP contribution in [0, 0.1) is 0 Å². The second kappa shape index (κ2) is 9.97. The summed E-state index contributed by atoms with van der Waals surface area (Å²) in [5.41, 5.74) is 3.51. The quantitative estimate of drug-likeness (QED) is 0.244. The molecule has 3 aromatic rings. The van der Waals surface area contributed by atoms with E-state index < -0.39 is 0 Å². The number of rotatable bonds is 8. The van der Waals surface area contributed by atoms with Crippen molar-refractivity contribution in [1.82, 2.24) is 14.7 Å². The normalized spacial score (nSPS) is 14.9. The van der Waals surface area contributed by atoms with E-state index in [1.807, 2.05) is 71.6 Å². The molecule has 2 heterocycles. The fourth-order valence-electron chi connectivity index (χ4n) is 3.29. The van der Waals surface area contributed by atoms with Crippen LogP contribution in [-0.2, 0) is 4.79 Å². The third-order valence-electron chi connectivity index (χ3n) is 4.84. The molecule has 7 heteroatoms. The Bertz CT molecular complexity index is 1170. The molecule has 1 amide bonds. The molecule has 0 radical (unpaired) electrons. The minimum Gasteiger partial charge on any atom is -0.494 e. The van der Waals surface area contributed by atoms with Gasteiger partial charge in [-0.3, -0.25) is 9.69 Å². The molecule has 32 heavy (non-hydrogen) atoms. The number of carbonyl (C=O) groups is 1. The topological polar surface area (TPSA) is 47.4 Å². The summed E-state index contributed by atoms with van der Waals surface area (Å²) in [6.45, 7) is 6.87. The molecule has 0 atom stereocenters. The van der Waals surface area contributed by atoms with Crippen LogP contribution in [-0.4, -0.2) is 38.1 Å². The average molecular weight is 462 g/mol. The number of amides is 1. The van der Waals surface area contributed by atoms with Crippen LogP contribution in [0.1, 0.15) is 18.9 Å². The van der Waals surface area contributed by atoms with Gasteiger partial charge in [0, 0.05) is 23.9 Å². The van der Waals surface area contributed by atoms with Crippen LogP contribution in [0.15, 0.2) is 78.4 Å². The van der Waals surface area contributed by atoms with Gasteiger partial charge in [-0.2, -0.15) is 5.10 Å². The first-order valence-corrected chi connectivity index (χ1v) is 11.6. The fraction of sp³-hybridized carbons (Fsp3) is 0.160. The highest BCUT2D eigenvalue weighted by molar-refractivity contribution is 8.26. The molecule has 0 bridgehead atoms. The Kier molecular flexibility index (Phi) is 6.87. The Morgan fingerprint density at radius 3 is 2.59 bits per heavy atom. The molecule has 5 nitrogen and oxygen atoms in total. The molecule has 0 saturated carbocycles. The summed E-state index contributed by atoms with van der Waals surface area (Å²) in [5.74, 6) is 0.714. The highest BCUT2D eigenvalue weighted by Crippen LogP contribution is 2.35.